The Morgan fingerprint density at radius 1 is 1.27 bits per heavy atom. The van der Waals surface area contributed by atoms with Crippen LogP contribution in [0.5, 0.6) is 0 Å². The topological polar surface area (TPSA) is 20.3 Å². The first-order chi connectivity index (χ1) is 7.13. The molecule has 1 aromatic carbocycles. The lowest BCUT2D eigenvalue weighted by molar-refractivity contribution is -0.128. The second-order valence-corrected chi connectivity index (χ2v) is 4.52. The van der Waals surface area contributed by atoms with Crippen LogP contribution in [0.4, 0.5) is 0 Å². The van der Waals surface area contributed by atoms with Gasteiger partial charge in [0, 0.05) is 25.4 Å². The fourth-order valence-corrected chi connectivity index (χ4v) is 1.68. The fourth-order valence-electron chi connectivity index (χ4n) is 1.27. The van der Waals surface area contributed by atoms with Crippen LogP contribution in [0, 0.1) is 0 Å². The molecule has 0 aromatic heterocycles. The maximum Gasteiger partial charge on any atom is 0.222 e. The molecule has 15 heavy (non-hydrogen) atoms. The van der Waals surface area contributed by atoms with Crippen LogP contribution in [0.3, 0.4) is 0 Å². The van der Waals surface area contributed by atoms with Gasteiger partial charge in [-0.05, 0) is 30.4 Å². The monoisotopic (exact) mass is 223 g/mol. The highest BCUT2D eigenvalue weighted by atomic mass is 32.2. The quantitative estimate of drug-likeness (QED) is 0.731. The maximum absolute atomic E-state index is 11.4. The van der Waals surface area contributed by atoms with Crippen molar-refractivity contribution in [1.29, 1.82) is 0 Å². The van der Waals surface area contributed by atoms with Crippen LogP contribution in [0.25, 0.3) is 0 Å². The first-order valence-electron chi connectivity index (χ1n) is 4.96. The van der Waals surface area contributed by atoms with Crippen molar-refractivity contribution < 1.29 is 4.79 Å². The van der Waals surface area contributed by atoms with Gasteiger partial charge in [0.1, 0.15) is 0 Å². The minimum atomic E-state index is 0.184. The van der Waals surface area contributed by atoms with Crippen molar-refractivity contribution in [3.8, 4) is 0 Å². The highest BCUT2D eigenvalue weighted by molar-refractivity contribution is 7.98. The summed E-state index contributed by atoms with van der Waals surface area (Å²) in [4.78, 5) is 14.3. The van der Waals surface area contributed by atoms with Crippen molar-refractivity contribution in [3.05, 3.63) is 29.8 Å². The average molecular weight is 223 g/mol. The number of thioether (sulfide) groups is 1. The van der Waals surface area contributed by atoms with Gasteiger partial charge in [0.2, 0.25) is 5.91 Å². The Bertz CT molecular complexity index is 319. The van der Waals surface area contributed by atoms with E-state index in [0.29, 0.717) is 6.42 Å². The van der Waals surface area contributed by atoms with E-state index in [1.807, 2.05) is 0 Å². The third-order valence-corrected chi connectivity index (χ3v) is 3.03. The largest absolute Gasteiger partial charge is 0.349 e. The minimum absolute atomic E-state index is 0.184. The number of aryl methyl sites for hydroxylation is 1. The number of rotatable bonds is 4. The lowest BCUT2D eigenvalue weighted by Crippen LogP contribution is -2.21. The highest BCUT2D eigenvalue weighted by Gasteiger charge is 2.03. The van der Waals surface area contributed by atoms with E-state index in [-0.39, 0.29) is 5.91 Å². The third-order valence-electron chi connectivity index (χ3n) is 2.29. The van der Waals surface area contributed by atoms with E-state index in [2.05, 4.69) is 30.5 Å². The molecule has 0 atom stereocenters. The van der Waals surface area contributed by atoms with Gasteiger partial charge in [-0.15, -0.1) is 11.8 Å². The van der Waals surface area contributed by atoms with E-state index in [1.54, 1.807) is 30.8 Å². The summed E-state index contributed by atoms with van der Waals surface area (Å²) in [7, 11) is 3.58. The Hall–Kier alpha value is -0.960. The lowest BCUT2D eigenvalue weighted by atomic mass is 10.1. The Balaban J connectivity index is 2.47. The molecule has 1 amide bonds. The van der Waals surface area contributed by atoms with Crippen LogP contribution in [0.2, 0.25) is 0 Å². The molecule has 3 heteroatoms. The number of nitrogens with zero attached hydrogens (tertiary/aromatic N) is 1. The number of benzene rings is 1. The summed E-state index contributed by atoms with van der Waals surface area (Å²) in [5.41, 5.74) is 1.23. The molecule has 0 heterocycles. The minimum Gasteiger partial charge on any atom is -0.349 e. The summed E-state index contributed by atoms with van der Waals surface area (Å²) in [5, 5.41) is 0. The van der Waals surface area contributed by atoms with Crippen molar-refractivity contribution in [3.63, 3.8) is 0 Å². The SMILES string of the molecule is CSc1ccc(CCC(=O)N(C)C)cc1. The van der Waals surface area contributed by atoms with Gasteiger partial charge < -0.3 is 4.90 Å². The van der Waals surface area contributed by atoms with Gasteiger partial charge in [0.15, 0.2) is 0 Å². The molecular formula is C12H17NOS. The van der Waals surface area contributed by atoms with Crippen LogP contribution < -0.4 is 0 Å². The van der Waals surface area contributed by atoms with Crippen LogP contribution in [0.15, 0.2) is 29.2 Å². The molecule has 82 valence electrons. The van der Waals surface area contributed by atoms with E-state index in [1.165, 1.54) is 10.5 Å². The lowest BCUT2D eigenvalue weighted by Gasteiger charge is -2.09. The van der Waals surface area contributed by atoms with Gasteiger partial charge in [-0.25, -0.2) is 0 Å². The molecule has 0 aliphatic carbocycles. The standard InChI is InChI=1S/C12H17NOS/c1-13(2)12(14)9-6-10-4-7-11(15-3)8-5-10/h4-5,7-8H,6,9H2,1-3H3. The molecule has 0 aliphatic rings. The summed E-state index contributed by atoms with van der Waals surface area (Å²) < 4.78 is 0. The summed E-state index contributed by atoms with van der Waals surface area (Å²) in [5.74, 6) is 0.184. The molecule has 0 saturated carbocycles. The first kappa shape index (κ1) is 12.1. The maximum atomic E-state index is 11.4. The zero-order valence-electron chi connectivity index (χ0n) is 9.49. The Morgan fingerprint density at radius 2 is 1.87 bits per heavy atom. The molecule has 0 aliphatic heterocycles. The normalized spacial score (nSPS) is 10.1. The molecule has 0 spiro atoms. The predicted octanol–water partition coefficient (Wildman–Crippen LogP) is 2.43. The number of hydrogen-bond acceptors (Lipinski definition) is 2. The number of carbonyl (C=O) groups is 1. The Kier molecular flexibility index (Phi) is 4.69. The highest BCUT2D eigenvalue weighted by Crippen LogP contribution is 2.15. The fraction of sp³-hybridized carbons (Fsp3) is 0.417. The van der Waals surface area contributed by atoms with E-state index in [9.17, 15) is 4.79 Å². The van der Waals surface area contributed by atoms with Gasteiger partial charge >= 0.3 is 0 Å². The molecule has 2 nitrogen and oxygen atoms in total. The first-order valence-corrected chi connectivity index (χ1v) is 6.19. The zero-order valence-corrected chi connectivity index (χ0v) is 10.3. The number of hydrogen-bond donors (Lipinski definition) is 0. The Morgan fingerprint density at radius 3 is 2.33 bits per heavy atom. The molecule has 0 unspecified atom stereocenters. The van der Waals surface area contributed by atoms with Crippen LogP contribution >= 0.6 is 11.8 Å². The Labute approximate surface area is 95.7 Å². The van der Waals surface area contributed by atoms with E-state index in [0.717, 1.165) is 6.42 Å². The van der Waals surface area contributed by atoms with E-state index in [4.69, 9.17) is 0 Å². The molecule has 1 rings (SSSR count). The van der Waals surface area contributed by atoms with Crippen molar-refractivity contribution in [1.82, 2.24) is 4.90 Å². The number of carbonyl (C=O) groups excluding carboxylic acids is 1. The molecule has 1 aromatic rings. The van der Waals surface area contributed by atoms with Gasteiger partial charge in [0.25, 0.3) is 0 Å². The third kappa shape index (κ3) is 3.96. The van der Waals surface area contributed by atoms with Crippen molar-refractivity contribution in [2.45, 2.75) is 17.7 Å². The zero-order chi connectivity index (χ0) is 11.3. The smallest absolute Gasteiger partial charge is 0.222 e. The summed E-state index contributed by atoms with van der Waals surface area (Å²) in [6.07, 6.45) is 3.47. The molecule has 0 N–H and O–H groups in total. The summed E-state index contributed by atoms with van der Waals surface area (Å²) >= 11 is 1.73. The molecule has 0 radical (unpaired) electrons. The van der Waals surface area contributed by atoms with Gasteiger partial charge in [-0.3, -0.25) is 4.79 Å². The van der Waals surface area contributed by atoms with Crippen molar-refractivity contribution >= 4 is 17.7 Å². The van der Waals surface area contributed by atoms with Gasteiger partial charge in [-0.2, -0.15) is 0 Å². The molecule has 0 fully saturated rings. The van der Waals surface area contributed by atoms with Crippen LogP contribution in [0.1, 0.15) is 12.0 Å². The van der Waals surface area contributed by atoms with E-state index < -0.39 is 0 Å². The number of amides is 1. The molecule has 0 saturated heterocycles. The van der Waals surface area contributed by atoms with Gasteiger partial charge in [0.05, 0.1) is 0 Å². The van der Waals surface area contributed by atoms with Crippen molar-refractivity contribution in [2.24, 2.45) is 0 Å². The van der Waals surface area contributed by atoms with Crippen LogP contribution in [-0.4, -0.2) is 31.2 Å². The molecule has 0 bridgehead atoms. The average Bonchev–Trinajstić information content (AvgIpc) is 2.26. The molecular weight excluding hydrogens is 206 g/mol. The predicted molar refractivity (Wildman–Crippen MR) is 65.2 cm³/mol. The van der Waals surface area contributed by atoms with Crippen molar-refractivity contribution in [2.75, 3.05) is 20.4 Å². The second kappa shape index (κ2) is 5.81. The summed E-state index contributed by atoms with van der Waals surface area (Å²) in [6, 6.07) is 8.38. The summed E-state index contributed by atoms with van der Waals surface area (Å²) in [6.45, 7) is 0. The van der Waals surface area contributed by atoms with Crippen LogP contribution in [-0.2, 0) is 11.2 Å². The van der Waals surface area contributed by atoms with E-state index >= 15 is 0 Å². The second-order valence-electron chi connectivity index (χ2n) is 3.64. The van der Waals surface area contributed by atoms with Gasteiger partial charge in [-0.1, -0.05) is 12.1 Å².